The van der Waals surface area contributed by atoms with Gasteiger partial charge in [-0.25, -0.2) is 12.7 Å². The Hall–Kier alpha value is -1.05. The molecule has 1 aromatic rings. The van der Waals surface area contributed by atoms with Gasteiger partial charge in [0.2, 0.25) is 10.0 Å². The zero-order chi connectivity index (χ0) is 16.3. The molecule has 0 aliphatic heterocycles. The van der Waals surface area contributed by atoms with E-state index in [0.717, 1.165) is 5.56 Å². The fourth-order valence-electron chi connectivity index (χ4n) is 1.49. The predicted octanol–water partition coefficient (Wildman–Crippen LogP) is 2.28. The number of sulfonamides is 1. The fourth-order valence-corrected chi connectivity index (χ4v) is 3.24. The average molecular weight is 329 g/mol. The van der Waals surface area contributed by atoms with E-state index in [-0.39, 0.29) is 10.4 Å². The van der Waals surface area contributed by atoms with Gasteiger partial charge in [0.1, 0.15) is 0 Å². The van der Waals surface area contributed by atoms with Gasteiger partial charge in [-0.2, -0.15) is 0 Å². The summed E-state index contributed by atoms with van der Waals surface area (Å²) in [4.78, 5) is 4.65. The van der Waals surface area contributed by atoms with E-state index < -0.39 is 10.0 Å². The second kappa shape index (κ2) is 6.81. The molecule has 0 atom stereocenters. The SMILES string of the molecule is CN(C)S(=O)(=O)c1ccc(CSC(N)=NC(C)(C)C)cc1. The van der Waals surface area contributed by atoms with Crippen LogP contribution < -0.4 is 5.73 Å². The standard InChI is InChI=1S/C14H23N3O2S2/c1-14(2,3)16-13(15)20-10-11-6-8-12(9-7-11)21(18,19)17(4)5/h6-9H,10H2,1-5H3,(H2,15,16). The highest BCUT2D eigenvalue weighted by molar-refractivity contribution is 8.13. The highest BCUT2D eigenvalue weighted by atomic mass is 32.2. The summed E-state index contributed by atoms with van der Waals surface area (Å²) in [7, 11) is -0.338. The lowest BCUT2D eigenvalue weighted by molar-refractivity contribution is 0.520. The highest BCUT2D eigenvalue weighted by Crippen LogP contribution is 2.18. The minimum Gasteiger partial charge on any atom is -0.379 e. The summed E-state index contributed by atoms with van der Waals surface area (Å²) in [6, 6.07) is 6.83. The van der Waals surface area contributed by atoms with Crippen molar-refractivity contribution in [2.45, 2.75) is 37.0 Å². The lowest BCUT2D eigenvalue weighted by Gasteiger charge is -2.13. The van der Waals surface area contributed by atoms with E-state index in [0.29, 0.717) is 10.9 Å². The Morgan fingerprint density at radius 3 is 2.19 bits per heavy atom. The van der Waals surface area contributed by atoms with Gasteiger partial charge < -0.3 is 5.73 Å². The van der Waals surface area contributed by atoms with Crippen LogP contribution in [-0.4, -0.2) is 37.5 Å². The second-order valence-electron chi connectivity index (χ2n) is 5.84. The van der Waals surface area contributed by atoms with Gasteiger partial charge in [-0.05, 0) is 38.5 Å². The molecule has 0 heterocycles. The maximum Gasteiger partial charge on any atom is 0.242 e. The molecule has 7 heteroatoms. The van der Waals surface area contributed by atoms with Crippen LogP contribution in [0.15, 0.2) is 34.2 Å². The first-order valence-corrected chi connectivity index (χ1v) is 8.94. The first kappa shape index (κ1) is 18.0. The molecule has 1 aromatic carbocycles. The van der Waals surface area contributed by atoms with Crippen molar-refractivity contribution in [3.8, 4) is 0 Å². The van der Waals surface area contributed by atoms with Gasteiger partial charge in [-0.3, -0.25) is 4.99 Å². The number of hydrogen-bond donors (Lipinski definition) is 1. The van der Waals surface area contributed by atoms with Crippen LogP contribution in [0.1, 0.15) is 26.3 Å². The van der Waals surface area contributed by atoms with Crippen molar-refractivity contribution < 1.29 is 8.42 Å². The lowest BCUT2D eigenvalue weighted by Crippen LogP contribution is -2.22. The van der Waals surface area contributed by atoms with Crippen molar-refractivity contribution in [1.29, 1.82) is 0 Å². The van der Waals surface area contributed by atoms with Crippen LogP contribution in [0, 0.1) is 0 Å². The van der Waals surface area contributed by atoms with Crippen LogP contribution in [-0.2, 0) is 15.8 Å². The van der Waals surface area contributed by atoms with E-state index in [1.54, 1.807) is 24.3 Å². The van der Waals surface area contributed by atoms with E-state index in [9.17, 15) is 8.42 Å². The molecule has 0 bridgehead atoms. The third kappa shape index (κ3) is 5.68. The van der Waals surface area contributed by atoms with Crippen LogP contribution in [0.25, 0.3) is 0 Å². The molecule has 0 saturated carbocycles. The van der Waals surface area contributed by atoms with Crippen LogP contribution in [0.5, 0.6) is 0 Å². The summed E-state index contributed by atoms with van der Waals surface area (Å²) >= 11 is 1.44. The van der Waals surface area contributed by atoms with Gasteiger partial charge in [0.15, 0.2) is 5.17 Å². The molecule has 0 radical (unpaired) electrons. The lowest BCUT2D eigenvalue weighted by atomic mass is 10.1. The monoisotopic (exact) mass is 329 g/mol. The maximum atomic E-state index is 11.9. The quantitative estimate of drug-likeness (QED) is 0.679. The minimum absolute atomic E-state index is 0.194. The van der Waals surface area contributed by atoms with E-state index in [1.165, 1.54) is 30.2 Å². The van der Waals surface area contributed by atoms with E-state index >= 15 is 0 Å². The van der Waals surface area contributed by atoms with Crippen LogP contribution in [0.2, 0.25) is 0 Å². The summed E-state index contributed by atoms with van der Waals surface area (Å²) in [6.07, 6.45) is 0. The van der Waals surface area contributed by atoms with Crippen molar-refractivity contribution in [2.75, 3.05) is 14.1 Å². The third-order valence-corrected chi connectivity index (χ3v) is 5.23. The van der Waals surface area contributed by atoms with Crippen LogP contribution >= 0.6 is 11.8 Å². The van der Waals surface area contributed by atoms with Gasteiger partial charge in [-0.15, -0.1) is 0 Å². The molecule has 5 nitrogen and oxygen atoms in total. The van der Waals surface area contributed by atoms with Gasteiger partial charge in [0.25, 0.3) is 0 Å². The molecule has 0 aromatic heterocycles. The molecule has 2 N–H and O–H groups in total. The molecule has 0 aliphatic rings. The Labute approximate surface area is 131 Å². The summed E-state index contributed by atoms with van der Waals surface area (Å²) in [5.41, 5.74) is 6.67. The molecule has 0 spiro atoms. The Kier molecular flexibility index (Phi) is 5.83. The van der Waals surface area contributed by atoms with Gasteiger partial charge >= 0.3 is 0 Å². The molecule has 1 rings (SSSR count). The number of nitrogens with zero attached hydrogens (tertiary/aromatic N) is 2. The van der Waals surface area contributed by atoms with E-state index in [1.807, 2.05) is 20.8 Å². The van der Waals surface area contributed by atoms with Gasteiger partial charge in [0, 0.05) is 19.8 Å². The van der Waals surface area contributed by atoms with Gasteiger partial charge in [-0.1, -0.05) is 23.9 Å². The minimum atomic E-state index is -3.37. The Bertz CT molecular complexity index is 600. The third-order valence-electron chi connectivity index (χ3n) is 2.53. The van der Waals surface area contributed by atoms with Crippen LogP contribution in [0.3, 0.4) is 0 Å². The molecule has 0 aliphatic carbocycles. The second-order valence-corrected chi connectivity index (χ2v) is 8.99. The van der Waals surface area contributed by atoms with Crippen molar-refractivity contribution in [3.63, 3.8) is 0 Å². The number of aliphatic imine (C=N–C) groups is 1. The molecule has 0 fully saturated rings. The van der Waals surface area contributed by atoms with E-state index in [4.69, 9.17) is 5.73 Å². The summed E-state index contributed by atoms with van der Waals surface area (Å²) < 4.78 is 25.1. The normalized spacial score (nSPS) is 13.7. The zero-order valence-electron chi connectivity index (χ0n) is 13.1. The van der Waals surface area contributed by atoms with E-state index in [2.05, 4.69) is 4.99 Å². The maximum absolute atomic E-state index is 11.9. The van der Waals surface area contributed by atoms with Gasteiger partial charge in [0.05, 0.1) is 10.4 Å². The first-order valence-electron chi connectivity index (χ1n) is 6.52. The van der Waals surface area contributed by atoms with Crippen molar-refractivity contribution in [1.82, 2.24) is 4.31 Å². The Balaban J connectivity index is 2.75. The number of hydrogen-bond acceptors (Lipinski definition) is 4. The first-order chi connectivity index (χ1) is 9.52. The molecular formula is C14H23N3O2S2. The molecule has 0 unspecified atom stereocenters. The topological polar surface area (TPSA) is 75.8 Å². The smallest absolute Gasteiger partial charge is 0.242 e. The number of amidine groups is 1. The number of nitrogens with two attached hydrogens (primary N) is 1. The number of thioether (sulfide) groups is 1. The van der Waals surface area contributed by atoms with Crippen LogP contribution in [0.4, 0.5) is 0 Å². The zero-order valence-corrected chi connectivity index (χ0v) is 14.8. The van der Waals surface area contributed by atoms with Crippen molar-refractivity contribution in [2.24, 2.45) is 10.7 Å². The van der Waals surface area contributed by atoms with Crippen molar-refractivity contribution in [3.05, 3.63) is 29.8 Å². The Morgan fingerprint density at radius 2 is 1.76 bits per heavy atom. The molecule has 0 amide bonds. The average Bonchev–Trinajstić information content (AvgIpc) is 2.34. The summed E-state index contributed by atoms with van der Waals surface area (Å²) in [5.74, 6) is 0.660. The van der Waals surface area contributed by atoms with Crippen molar-refractivity contribution >= 4 is 27.0 Å². The molecule has 21 heavy (non-hydrogen) atoms. The summed E-state index contributed by atoms with van der Waals surface area (Å²) in [6.45, 7) is 5.96. The Morgan fingerprint density at radius 1 is 1.24 bits per heavy atom. The predicted molar refractivity (Wildman–Crippen MR) is 90.0 cm³/mol. The molecular weight excluding hydrogens is 306 g/mol. The molecule has 0 saturated heterocycles. The highest BCUT2D eigenvalue weighted by Gasteiger charge is 2.16. The molecule has 118 valence electrons. The number of rotatable bonds is 4. The summed E-state index contributed by atoms with van der Waals surface area (Å²) in [5, 5.41) is 0.535. The largest absolute Gasteiger partial charge is 0.379 e. The number of benzene rings is 1. The fraction of sp³-hybridized carbons (Fsp3) is 0.500.